The first-order valence-corrected chi connectivity index (χ1v) is 4.84. The van der Waals surface area contributed by atoms with Crippen molar-refractivity contribution in [1.82, 2.24) is 19.3 Å². The number of carbonyl (C=O) groups is 1. The monoisotopic (exact) mass is 234 g/mol. The third-order valence-corrected chi connectivity index (χ3v) is 2.34. The highest BCUT2D eigenvalue weighted by Crippen LogP contribution is 1.99. The number of nitrogens with zero attached hydrogens (tertiary/aromatic N) is 4. The summed E-state index contributed by atoms with van der Waals surface area (Å²) >= 11 is 0. The maximum atomic E-state index is 11.3. The van der Waals surface area contributed by atoms with Crippen molar-refractivity contribution >= 4 is 5.97 Å². The molecule has 0 spiro atoms. The molecule has 88 valence electrons. The predicted octanol–water partition coefficient (Wildman–Crippen LogP) is -0.277. The molecule has 0 aliphatic carbocycles. The van der Waals surface area contributed by atoms with Crippen LogP contribution in [-0.4, -0.2) is 30.4 Å². The number of hydrogen-bond acceptors (Lipinski definition) is 4. The van der Waals surface area contributed by atoms with Crippen LogP contribution < -0.4 is 5.43 Å². The highest BCUT2D eigenvalue weighted by molar-refractivity contribution is 5.86. The molecule has 0 aliphatic rings. The van der Waals surface area contributed by atoms with E-state index in [1.807, 2.05) is 0 Å². The van der Waals surface area contributed by atoms with Crippen LogP contribution in [0.15, 0.2) is 29.6 Å². The molecule has 0 aliphatic heterocycles. The van der Waals surface area contributed by atoms with Gasteiger partial charge in [-0.2, -0.15) is 0 Å². The number of hydrogen-bond donors (Lipinski definition) is 1. The lowest BCUT2D eigenvalue weighted by Gasteiger charge is -2.06. The van der Waals surface area contributed by atoms with Crippen molar-refractivity contribution in [2.45, 2.75) is 6.54 Å². The third kappa shape index (κ3) is 2.22. The summed E-state index contributed by atoms with van der Waals surface area (Å²) in [5.74, 6) is -0.563. The highest BCUT2D eigenvalue weighted by atomic mass is 16.4. The van der Waals surface area contributed by atoms with Crippen molar-refractivity contribution in [3.63, 3.8) is 0 Å². The molecule has 0 bridgehead atoms. The van der Waals surface area contributed by atoms with Crippen LogP contribution in [0.2, 0.25) is 0 Å². The fourth-order valence-corrected chi connectivity index (χ4v) is 1.40. The zero-order valence-electron chi connectivity index (χ0n) is 9.07. The highest BCUT2D eigenvalue weighted by Gasteiger charge is 2.09. The van der Waals surface area contributed by atoms with Gasteiger partial charge in [-0.15, -0.1) is 10.2 Å². The van der Waals surface area contributed by atoms with Gasteiger partial charge in [-0.25, -0.2) is 4.79 Å². The van der Waals surface area contributed by atoms with E-state index in [0.717, 1.165) is 0 Å². The number of carboxylic acids is 1. The summed E-state index contributed by atoms with van der Waals surface area (Å²) in [4.78, 5) is 22.1. The van der Waals surface area contributed by atoms with Gasteiger partial charge in [-0.3, -0.25) is 4.79 Å². The lowest BCUT2D eigenvalue weighted by Crippen LogP contribution is -2.17. The summed E-state index contributed by atoms with van der Waals surface area (Å²) in [7, 11) is 1.79. The Morgan fingerprint density at radius 1 is 1.53 bits per heavy atom. The summed E-state index contributed by atoms with van der Waals surface area (Å²) < 4.78 is 3.30. The molecule has 2 heterocycles. The van der Waals surface area contributed by atoms with Crippen molar-refractivity contribution in [1.29, 1.82) is 0 Å². The Balaban J connectivity index is 2.35. The van der Waals surface area contributed by atoms with Gasteiger partial charge >= 0.3 is 5.97 Å². The first-order chi connectivity index (χ1) is 8.08. The van der Waals surface area contributed by atoms with E-state index in [1.54, 1.807) is 22.5 Å². The third-order valence-electron chi connectivity index (χ3n) is 2.34. The number of aromatic nitrogens is 4. The Labute approximate surface area is 96.0 Å². The molecule has 2 rings (SSSR count). The Kier molecular flexibility index (Phi) is 2.73. The molecule has 7 heteroatoms. The van der Waals surface area contributed by atoms with Crippen LogP contribution in [0.3, 0.4) is 0 Å². The van der Waals surface area contributed by atoms with Gasteiger partial charge in [0, 0.05) is 25.5 Å². The Morgan fingerprint density at radius 2 is 2.29 bits per heavy atom. The Morgan fingerprint density at radius 3 is 2.88 bits per heavy atom. The molecule has 0 saturated heterocycles. The lowest BCUT2D eigenvalue weighted by molar-refractivity contribution is 0.0694. The lowest BCUT2D eigenvalue weighted by atomic mass is 10.3. The van der Waals surface area contributed by atoms with Gasteiger partial charge in [-0.1, -0.05) is 0 Å². The fraction of sp³-hybridized carbons (Fsp3) is 0.200. The minimum atomic E-state index is -1.23. The fourth-order valence-electron chi connectivity index (χ4n) is 1.40. The van der Waals surface area contributed by atoms with E-state index in [-0.39, 0.29) is 5.56 Å². The summed E-state index contributed by atoms with van der Waals surface area (Å²) in [6.07, 6.45) is 4.36. The van der Waals surface area contributed by atoms with Crippen LogP contribution in [0, 0.1) is 0 Å². The van der Waals surface area contributed by atoms with Crippen molar-refractivity contribution in [2.75, 3.05) is 0 Å². The second-order valence-corrected chi connectivity index (χ2v) is 3.56. The zero-order valence-corrected chi connectivity index (χ0v) is 9.07. The van der Waals surface area contributed by atoms with Crippen molar-refractivity contribution < 1.29 is 9.90 Å². The van der Waals surface area contributed by atoms with E-state index in [1.165, 1.54) is 18.5 Å². The van der Waals surface area contributed by atoms with Crippen LogP contribution in [0.25, 0.3) is 0 Å². The van der Waals surface area contributed by atoms with E-state index in [9.17, 15) is 9.59 Å². The maximum Gasteiger partial charge on any atom is 0.341 e. The molecule has 0 fully saturated rings. The van der Waals surface area contributed by atoms with Gasteiger partial charge in [0.25, 0.3) is 0 Å². The van der Waals surface area contributed by atoms with Crippen LogP contribution in [0.1, 0.15) is 16.2 Å². The van der Waals surface area contributed by atoms with Crippen LogP contribution in [-0.2, 0) is 13.6 Å². The quantitative estimate of drug-likeness (QED) is 0.789. The predicted molar refractivity (Wildman–Crippen MR) is 57.8 cm³/mol. The molecule has 0 amide bonds. The number of aryl methyl sites for hydroxylation is 1. The molecular formula is C10H10N4O3. The van der Waals surface area contributed by atoms with Gasteiger partial charge < -0.3 is 14.2 Å². The molecule has 0 unspecified atom stereocenters. The molecule has 0 aromatic carbocycles. The van der Waals surface area contributed by atoms with Gasteiger partial charge in [-0.05, 0) is 0 Å². The second kappa shape index (κ2) is 4.20. The summed E-state index contributed by atoms with van der Waals surface area (Å²) in [5, 5.41) is 16.4. The molecule has 2 aromatic rings. The second-order valence-electron chi connectivity index (χ2n) is 3.56. The maximum absolute atomic E-state index is 11.3. The molecular weight excluding hydrogens is 224 g/mol. The summed E-state index contributed by atoms with van der Waals surface area (Å²) in [6.45, 7) is 0.358. The van der Waals surface area contributed by atoms with Crippen molar-refractivity contribution in [2.24, 2.45) is 7.05 Å². The molecule has 0 radical (unpaired) electrons. The first-order valence-electron chi connectivity index (χ1n) is 4.84. The topological polar surface area (TPSA) is 90.0 Å². The minimum Gasteiger partial charge on any atom is -0.477 e. The Bertz CT molecular complexity index is 614. The number of aromatic carboxylic acids is 1. The van der Waals surface area contributed by atoms with E-state index >= 15 is 0 Å². The first kappa shape index (κ1) is 11.1. The van der Waals surface area contributed by atoms with E-state index in [4.69, 9.17) is 5.11 Å². The number of rotatable bonds is 3. The van der Waals surface area contributed by atoms with Crippen molar-refractivity contribution in [3.8, 4) is 0 Å². The largest absolute Gasteiger partial charge is 0.477 e. The van der Waals surface area contributed by atoms with E-state index in [2.05, 4.69) is 10.2 Å². The van der Waals surface area contributed by atoms with Crippen LogP contribution >= 0.6 is 0 Å². The van der Waals surface area contributed by atoms with Gasteiger partial charge in [0.2, 0.25) is 0 Å². The SMILES string of the molecule is Cn1cnnc1Cn1ccc(=O)c(C(=O)O)c1. The molecule has 7 nitrogen and oxygen atoms in total. The molecule has 17 heavy (non-hydrogen) atoms. The number of carboxylic acid groups (broad SMARTS) is 1. The van der Waals surface area contributed by atoms with Crippen LogP contribution in [0.5, 0.6) is 0 Å². The summed E-state index contributed by atoms with van der Waals surface area (Å²) in [6, 6.07) is 1.22. The standard InChI is InChI=1S/C10H10N4O3/c1-13-6-11-12-9(13)5-14-3-2-8(15)7(4-14)10(16)17/h2-4,6H,5H2,1H3,(H,16,17). The summed E-state index contributed by atoms with van der Waals surface area (Å²) in [5.41, 5.74) is -0.763. The average molecular weight is 234 g/mol. The molecule has 1 N–H and O–H groups in total. The van der Waals surface area contributed by atoms with Gasteiger partial charge in [0.05, 0.1) is 6.54 Å². The smallest absolute Gasteiger partial charge is 0.341 e. The molecule has 2 aromatic heterocycles. The number of pyridine rings is 1. The average Bonchev–Trinajstić information content (AvgIpc) is 2.67. The van der Waals surface area contributed by atoms with Gasteiger partial charge in [0.1, 0.15) is 11.9 Å². The van der Waals surface area contributed by atoms with Crippen LogP contribution in [0.4, 0.5) is 0 Å². The molecule has 0 saturated carbocycles. The molecule has 0 atom stereocenters. The van der Waals surface area contributed by atoms with Gasteiger partial charge in [0.15, 0.2) is 11.3 Å². The zero-order chi connectivity index (χ0) is 12.4. The van der Waals surface area contributed by atoms with E-state index < -0.39 is 11.4 Å². The Hall–Kier alpha value is -2.44. The minimum absolute atomic E-state index is 0.255. The van der Waals surface area contributed by atoms with E-state index in [0.29, 0.717) is 12.4 Å². The van der Waals surface area contributed by atoms with Crippen molar-refractivity contribution in [3.05, 3.63) is 46.4 Å². The normalized spacial score (nSPS) is 10.4.